The van der Waals surface area contributed by atoms with Gasteiger partial charge in [0.1, 0.15) is 22.7 Å². The lowest BCUT2D eigenvalue weighted by molar-refractivity contribution is -0.136. The molecule has 0 saturated carbocycles. The minimum absolute atomic E-state index is 0.115. The molecule has 0 aliphatic rings. The van der Waals surface area contributed by atoms with Crippen molar-refractivity contribution in [3.05, 3.63) is 16.8 Å². The van der Waals surface area contributed by atoms with Crippen molar-refractivity contribution in [2.45, 2.75) is 25.0 Å². The van der Waals surface area contributed by atoms with Crippen LogP contribution in [0.3, 0.4) is 0 Å². The summed E-state index contributed by atoms with van der Waals surface area (Å²) in [6, 6.07) is 0. The standard InChI is InChI=1S/C12H12F3N3OS2/c1-6-7(2)21-11-9(6)10(17-5-18-11)20-3-8(19)16-4-12(13,14)15/h5H,3-4H2,1-2H3,(H,16,19). The number of alkyl halides is 3. The van der Waals surface area contributed by atoms with Crippen molar-refractivity contribution in [3.63, 3.8) is 0 Å². The Morgan fingerprint density at radius 1 is 1.38 bits per heavy atom. The molecule has 0 radical (unpaired) electrons. The molecule has 0 fully saturated rings. The van der Waals surface area contributed by atoms with Gasteiger partial charge in [0.05, 0.1) is 5.75 Å². The number of hydrogen-bond acceptors (Lipinski definition) is 5. The number of aromatic nitrogens is 2. The zero-order valence-electron chi connectivity index (χ0n) is 11.2. The van der Waals surface area contributed by atoms with Crippen molar-refractivity contribution in [2.24, 2.45) is 0 Å². The maximum atomic E-state index is 12.0. The third-order valence-electron chi connectivity index (χ3n) is 2.76. The van der Waals surface area contributed by atoms with Gasteiger partial charge in [0, 0.05) is 10.3 Å². The van der Waals surface area contributed by atoms with E-state index >= 15 is 0 Å². The van der Waals surface area contributed by atoms with Crippen LogP contribution in [0.15, 0.2) is 11.4 Å². The lowest BCUT2D eigenvalue weighted by Gasteiger charge is -2.08. The molecule has 2 aromatic heterocycles. The van der Waals surface area contributed by atoms with Gasteiger partial charge in [0.2, 0.25) is 5.91 Å². The normalized spacial score (nSPS) is 11.9. The average molecular weight is 335 g/mol. The molecular weight excluding hydrogens is 323 g/mol. The highest BCUT2D eigenvalue weighted by Gasteiger charge is 2.27. The van der Waals surface area contributed by atoms with Gasteiger partial charge >= 0.3 is 6.18 Å². The second-order valence-electron chi connectivity index (χ2n) is 4.32. The van der Waals surface area contributed by atoms with Gasteiger partial charge in [-0.2, -0.15) is 13.2 Å². The summed E-state index contributed by atoms with van der Waals surface area (Å²) in [5.74, 6) is -0.787. The number of thiophene rings is 1. The molecule has 9 heteroatoms. The third kappa shape index (κ3) is 4.07. The number of nitrogens with one attached hydrogen (secondary N) is 1. The summed E-state index contributed by atoms with van der Waals surface area (Å²) in [5, 5.41) is 3.32. The lowest BCUT2D eigenvalue weighted by atomic mass is 10.2. The predicted molar refractivity (Wildman–Crippen MR) is 76.7 cm³/mol. The molecule has 1 amide bonds. The number of carbonyl (C=O) groups excluding carboxylic acids is 1. The second-order valence-corrected chi connectivity index (χ2v) is 6.49. The fourth-order valence-corrected chi connectivity index (χ4v) is 3.59. The van der Waals surface area contributed by atoms with Crippen LogP contribution >= 0.6 is 23.1 Å². The van der Waals surface area contributed by atoms with Gasteiger partial charge < -0.3 is 5.32 Å². The Morgan fingerprint density at radius 2 is 2.10 bits per heavy atom. The molecule has 114 valence electrons. The monoisotopic (exact) mass is 335 g/mol. The third-order valence-corrected chi connectivity index (χ3v) is 4.86. The average Bonchev–Trinajstić information content (AvgIpc) is 2.69. The Kier molecular flexibility index (Phi) is 4.72. The van der Waals surface area contributed by atoms with E-state index in [1.807, 2.05) is 19.2 Å². The number of hydrogen-bond donors (Lipinski definition) is 1. The number of fused-ring (bicyclic) bond motifs is 1. The van der Waals surface area contributed by atoms with Crippen molar-refractivity contribution in [3.8, 4) is 0 Å². The molecule has 0 aromatic carbocycles. The van der Waals surface area contributed by atoms with Crippen LogP contribution in [0.1, 0.15) is 10.4 Å². The van der Waals surface area contributed by atoms with E-state index in [2.05, 4.69) is 9.97 Å². The van der Waals surface area contributed by atoms with Crippen molar-refractivity contribution in [1.82, 2.24) is 15.3 Å². The smallest absolute Gasteiger partial charge is 0.346 e. The van der Waals surface area contributed by atoms with E-state index in [1.54, 1.807) is 0 Å². The molecule has 2 aromatic rings. The Bertz CT molecular complexity index is 670. The molecular formula is C12H12F3N3OS2. The number of aryl methyl sites for hydroxylation is 2. The Hall–Kier alpha value is -1.35. The van der Waals surface area contributed by atoms with Crippen molar-refractivity contribution < 1.29 is 18.0 Å². The van der Waals surface area contributed by atoms with E-state index in [-0.39, 0.29) is 5.75 Å². The highest BCUT2D eigenvalue weighted by atomic mass is 32.2. The molecule has 4 nitrogen and oxygen atoms in total. The topological polar surface area (TPSA) is 54.9 Å². The molecule has 0 atom stereocenters. The molecule has 2 heterocycles. The SMILES string of the molecule is Cc1sc2ncnc(SCC(=O)NCC(F)(F)F)c2c1C. The van der Waals surface area contributed by atoms with Crippen molar-refractivity contribution in [1.29, 1.82) is 0 Å². The Labute approximate surface area is 127 Å². The van der Waals surface area contributed by atoms with Crippen LogP contribution < -0.4 is 5.32 Å². The van der Waals surface area contributed by atoms with E-state index in [0.29, 0.717) is 5.03 Å². The summed E-state index contributed by atoms with van der Waals surface area (Å²) >= 11 is 2.64. The second kappa shape index (κ2) is 6.18. The maximum absolute atomic E-state index is 12.0. The van der Waals surface area contributed by atoms with Crippen molar-refractivity contribution in [2.75, 3.05) is 12.3 Å². The fourth-order valence-electron chi connectivity index (χ4n) is 1.64. The van der Waals surface area contributed by atoms with E-state index in [1.165, 1.54) is 17.7 Å². The molecule has 0 aliphatic carbocycles. The summed E-state index contributed by atoms with van der Waals surface area (Å²) in [7, 11) is 0. The maximum Gasteiger partial charge on any atom is 0.405 e. The van der Waals surface area contributed by atoms with Gasteiger partial charge in [-0.05, 0) is 19.4 Å². The largest absolute Gasteiger partial charge is 0.405 e. The minimum Gasteiger partial charge on any atom is -0.346 e. The number of halogens is 3. The van der Waals surface area contributed by atoms with Crippen molar-refractivity contribution >= 4 is 39.2 Å². The van der Waals surface area contributed by atoms with Gasteiger partial charge in [-0.1, -0.05) is 11.8 Å². The lowest BCUT2D eigenvalue weighted by Crippen LogP contribution is -2.34. The molecule has 1 N–H and O–H groups in total. The first-order valence-electron chi connectivity index (χ1n) is 5.95. The van der Waals surface area contributed by atoms with E-state index in [4.69, 9.17) is 0 Å². The van der Waals surface area contributed by atoms with Crippen LogP contribution in [0.5, 0.6) is 0 Å². The number of amides is 1. The summed E-state index contributed by atoms with van der Waals surface area (Å²) in [5.41, 5.74) is 1.04. The van der Waals surface area contributed by atoms with Gasteiger partial charge in [-0.25, -0.2) is 9.97 Å². The van der Waals surface area contributed by atoms with Crippen LogP contribution in [-0.4, -0.2) is 34.3 Å². The van der Waals surface area contributed by atoms with Gasteiger partial charge in [0.25, 0.3) is 0 Å². The molecule has 21 heavy (non-hydrogen) atoms. The number of rotatable bonds is 4. The van der Waals surface area contributed by atoms with Gasteiger partial charge in [-0.3, -0.25) is 4.79 Å². The van der Waals surface area contributed by atoms with Crippen LogP contribution in [-0.2, 0) is 4.79 Å². The summed E-state index contributed by atoms with van der Waals surface area (Å²) < 4.78 is 36.0. The molecule has 2 rings (SSSR count). The fraction of sp³-hybridized carbons (Fsp3) is 0.417. The zero-order valence-corrected chi connectivity index (χ0v) is 12.9. The molecule has 0 aliphatic heterocycles. The van der Waals surface area contributed by atoms with Crippen LogP contribution in [0.4, 0.5) is 13.2 Å². The minimum atomic E-state index is -4.40. The van der Waals surface area contributed by atoms with Crippen LogP contribution in [0.25, 0.3) is 10.2 Å². The van der Waals surface area contributed by atoms with E-state index in [0.717, 1.165) is 32.4 Å². The summed E-state index contributed by atoms with van der Waals surface area (Å²) in [6.07, 6.45) is -3.00. The summed E-state index contributed by atoms with van der Waals surface area (Å²) in [6.45, 7) is 2.58. The van der Waals surface area contributed by atoms with Gasteiger partial charge in [-0.15, -0.1) is 11.3 Å². The predicted octanol–water partition coefficient (Wildman–Crippen LogP) is 3.08. The number of carbonyl (C=O) groups is 1. The number of nitrogens with zero attached hydrogens (tertiary/aromatic N) is 2. The quantitative estimate of drug-likeness (QED) is 0.689. The first kappa shape index (κ1) is 16.0. The van der Waals surface area contributed by atoms with Crippen LogP contribution in [0, 0.1) is 13.8 Å². The summed E-state index contributed by atoms with van der Waals surface area (Å²) in [4.78, 5) is 21.6. The van der Waals surface area contributed by atoms with E-state index in [9.17, 15) is 18.0 Å². The van der Waals surface area contributed by atoms with Crippen LogP contribution in [0.2, 0.25) is 0 Å². The highest BCUT2D eigenvalue weighted by molar-refractivity contribution is 8.00. The zero-order chi connectivity index (χ0) is 15.6. The first-order valence-corrected chi connectivity index (χ1v) is 7.75. The van der Waals surface area contributed by atoms with Gasteiger partial charge in [0.15, 0.2) is 0 Å². The molecule has 0 saturated heterocycles. The first-order chi connectivity index (χ1) is 9.78. The molecule has 0 bridgehead atoms. The van der Waals surface area contributed by atoms with E-state index < -0.39 is 18.6 Å². The molecule has 0 unspecified atom stereocenters. The molecule has 0 spiro atoms. The highest BCUT2D eigenvalue weighted by Crippen LogP contribution is 2.34. The Balaban J connectivity index is 2.05. The number of thioether (sulfide) groups is 1. The Morgan fingerprint density at radius 3 is 2.76 bits per heavy atom.